The van der Waals surface area contributed by atoms with Crippen LogP contribution >= 0.6 is 0 Å². The van der Waals surface area contributed by atoms with Crippen molar-refractivity contribution in [3.05, 3.63) is 76.5 Å². The third-order valence-corrected chi connectivity index (χ3v) is 9.39. The average Bonchev–Trinajstić information content (AvgIpc) is 3.43. The molecule has 1 amide bonds. The maximum absolute atomic E-state index is 13.9. The van der Waals surface area contributed by atoms with Crippen LogP contribution < -0.4 is 5.32 Å². The fraction of sp³-hybridized carbons (Fsp3) is 0.500. The van der Waals surface area contributed by atoms with E-state index in [4.69, 9.17) is 5.10 Å². The van der Waals surface area contributed by atoms with Crippen LogP contribution in [0.1, 0.15) is 98.6 Å². The predicted molar refractivity (Wildman–Crippen MR) is 139 cm³/mol. The molecule has 3 aromatic rings. The first-order valence-corrected chi connectivity index (χ1v) is 13.4. The Morgan fingerprint density at radius 3 is 2.86 bits per heavy atom. The summed E-state index contributed by atoms with van der Waals surface area (Å²) < 4.78 is 13.9. The number of benzene rings is 1. The first-order valence-electron chi connectivity index (χ1n) is 13.4. The van der Waals surface area contributed by atoms with Gasteiger partial charge in [0.2, 0.25) is 5.91 Å². The molecule has 6 rings (SSSR count). The molecule has 5 atom stereocenters. The van der Waals surface area contributed by atoms with Gasteiger partial charge in [-0.2, -0.15) is 5.10 Å². The topological polar surface area (TPSA) is 70.7 Å². The first kappa shape index (κ1) is 23.4. The lowest BCUT2D eigenvalue weighted by atomic mass is 9.53. The molecule has 0 saturated heterocycles. The van der Waals surface area contributed by atoms with E-state index in [2.05, 4.69) is 42.4 Å². The van der Waals surface area contributed by atoms with Gasteiger partial charge in [-0.1, -0.05) is 32.9 Å². The number of nitrogens with one attached hydrogen (secondary N) is 2. The number of halogens is 1. The molecule has 0 radical (unpaired) electrons. The maximum Gasteiger partial charge on any atom is 0.225 e. The van der Waals surface area contributed by atoms with Crippen LogP contribution in [0.3, 0.4) is 0 Å². The van der Waals surface area contributed by atoms with Crippen molar-refractivity contribution in [2.45, 2.75) is 82.5 Å². The number of H-pyrrole nitrogens is 1. The number of nitrogens with zero attached hydrogens (tertiary/aromatic N) is 2. The molecule has 2 heterocycles. The van der Waals surface area contributed by atoms with Crippen molar-refractivity contribution < 1.29 is 9.18 Å². The van der Waals surface area contributed by atoms with Crippen LogP contribution in [0.4, 0.5) is 10.2 Å². The largest absolute Gasteiger partial charge is 0.311 e. The van der Waals surface area contributed by atoms with E-state index in [-0.39, 0.29) is 17.1 Å². The quantitative estimate of drug-likeness (QED) is 0.427. The van der Waals surface area contributed by atoms with Gasteiger partial charge in [-0.05, 0) is 102 Å². The number of rotatable bonds is 5. The summed E-state index contributed by atoms with van der Waals surface area (Å²) in [6.07, 6.45) is 9.33. The molecule has 2 N–H and O–H groups in total. The Bertz CT molecular complexity index is 1280. The van der Waals surface area contributed by atoms with E-state index in [0.29, 0.717) is 41.8 Å². The lowest BCUT2D eigenvalue weighted by Crippen LogP contribution is -2.44. The molecule has 2 aromatic heterocycles. The lowest BCUT2D eigenvalue weighted by molar-refractivity contribution is -0.116. The van der Waals surface area contributed by atoms with Gasteiger partial charge in [0.1, 0.15) is 11.6 Å². The van der Waals surface area contributed by atoms with Crippen LogP contribution in [0.25, 0.3) is 0 Å². The predicted octanol–water partition coefficient (Wildman–Crippen LogP) is 6.60. The van der Waals surface area contributed by atoms with Crippen molar-refractivity contribution in [2.24, 2.45) is 11.8 Å². The minimum absolute atomic E-state index is 0.00951. The molecule has 36 heavy (non-hydrogen) atoms. The van der Waals surface area contributed by atoms with Crippen molar-refractivity contribution in [1.29, 1.82) is 0 Å². The molecule has 3 aliphatic rings. The Kier molecular flexibility index (Phi) is 5.73. The molecule has 5 nitrogen and oxygen atoms in total. The van der Waals surface area contributed by atoms with Gasteiger partial charge < -0.3 is 5.32 Å². The van der Waals surface area contributed by atoms with Gasteiger partial charge in [-0.25, -0.2) is 9.37 Å². The van der Waals surface area contributed by atoms with Crippen molar-refractivity contribution in [3.63, 3.8) is 0 Å². The van der Waals surface area contributed by atoms with E-state index < -0.39 is 0 Å². The summed E-state index contributed by atoms with van der Waals surface area (Å²) in [5.74, 6) is 2.61. The number of aromatic nitrogens is 3. The van der Waals surface area contributed by atoms with Crippen molar-refractivity contribution >= 4 is 11.7 Å². The number of fused-ring (bicyclic) bond motifs is 7. The fourth-order valence-corrected chi connectivity index (χ4v) is 7.70. The average molecular weight is 487 g/mol. The molecule has 1 aromatic carbocycles. The van der Waals surface area contributed by atoms with E-state index in [0.717, 1.165) is 37.7 Å². The van der Waals surface area contributed by atoms with Crippen LogP contribution in [0.5, 0.6) is 0 Å². The van der Waals surface area contributed by atoms with Gasteiger partial charge in [0.05, 0.1) is 5.69 Å². The Morgan fingerprint density at radius 2 is 2.08 bits per heavy atom. The summed E-state index contributed by atoms with van der Waals surface area (Å²) in [7, 11) is 0. The highest BCUT2D eigenvalue weighted by molar-refractivity contribution is 5.89. The highest BCUT2D eigenvalue weighted by Gasteiger charge is 2.58. The van der Waals surface area contributed by atoms with Crippen LogP contribution in [-0.2, 0) is 16.6 Å². The molecule has 6 heteroatoms. The Balaban J connectivity index is 1.22. The number of aryl methyl sites for hydroxylation is 1. The number of aromatic amines is 1. The second kappa shape index (κ2) is 8.82. The SMILES string of the molecule is CC(C)c1ccc(NC(=O)CC[C@@H]2c3c[nH]nc3[C@@]3(C)CCC4c5ccc(F)cc5CCC4C23)nc1. The molecular formula is C30H35FN4O. The lowest BCUT2D eigenvalue weighted by Gasteiger charge is -2.50. The molecule has 188 valence electrons. The van der Waals surface area contributed by atoms with Crippen LogP contribution in [0.15, 0.2) is 42.7 Å². The molecule has 0 spiro atoms. The van der Waals surface area contributed by atoms with E-state index >= 15 is 0 Å². The number of hydrogen-bond donors (Lipinski definition) is 2. The second-order valence-corrected chi connectivity index (χ2v) is 11.6. The summed E-state index contributed by atoms with van der Waals surface area (Å²) in [6, 6.07) is 9.31. The fourth-order valence-electron chi connectivity index (χ4n) is 7.70. The highest BCUT2D eigenvalue weighted by atomic mass is 19.1. The second-order valence-electron chi connectivity index (χ2n) is 11.6. The Labute approximate surface area is 212 Å². The minimum atomic E-state index is -0.133. The molecule has 3 aliphatic carbocycles. The van der Waals surface area contributed by atoms with E-state index in [1.807, 2.05) is 24.4 Å². The van der Waals surface area contributed by atoms with Crippen molar-refractivity contribution in [1.82, 2.24) is 15.2 Å². The summed E-state index contributed by atoms with van der Waals surface area (Å²) >= 11 is 0. The summed E-state index contributed by atoms with van der Waals surface area (Å²) in [4.78, 5) is 17.4. The van der Waals surface area contributed by atoms with Gasteiger partial charge in [0.15, 0.2) is 0 Å². The molecule has 0 bridgehead atoms. The third kappa shape index (κ3) is 3.77. The smallest absolute Gasteiger partial charge is 0.225 e. The summed E-state index contributed by atoms with van der Waals surface area (Å²) in [5, 5.41) is 10.8. The number of anilines is 1. The number of amides is 1. The summed E-state index contributed by atoms with van der Waals surface area (Å²) in [6.45, 7) is 6.65. The number of carbonyl (C=O) groups is 1. The summed E-state index contributed by atoms with van der Waals surface area (Å²) in [5.41, 5.74) is 6.20. The van der Waals surface area contributed by atoms with Crippen molar-refractivity contribution in [3.8, 4) is 0 Å². The Hall–Kier alpha value is -3.02. The molecule has 1 saturated carbocycles. The van der Waals surface area contributed by atoms with E-state index in [9.17, 15) is 9.18 Å². The van der Waals surface area contributed by atoms with Crippen LogP contribution in [0, 0.1) is 17.7 Å². The highest BCUT2D eigenvalue weighted by Crippen LogP contribution is 2.64. The van der Waals surface area contributed by atoms with Crippen LogP contribution in [0.2, 0.25) is 0 Å². The number of pyridine rings is 1. The van der Waals surface area contributed by atoms with Gasteiger partial charge >= 0.3 is 0 Å². The van der Waals surface area contributed by atoms with E-state index in [1.165, 1.54) is 22.4 Å². The third-order valence-electron chi connectivity index (χ3n) is 9.39. The molecular weight excluding hydrogens is 451 g/mol. The normalized spacial score (nSPS) is 28.2. The first-order chi connectivity index (χ1) is 17.3. The Morgan fingerprint density at radius 1 is 1.22 bits per heavy atom. The molecule has 1 fully saturated rings. The van der Waals surface area contributed by atoms with Crippen molar-refractivity contribution in [2.75, 3.05) is 5.32 Å². The zero-order valence-electron chi connectivity index (χ0n) is 21.4. The van der Waals surface area contributed by atoms with E-state index in [1.54, 1.807) is 12.1 Å². The van der Waals surface area contributed by atoms with Crippen LogP contribution in [-0.4, -0.2) is 21.1 Å². The van der Waals surface area contributed by atoms with Gasteiger partial charge in [-0.15, -0.1) is 0 Å². The van der Waals surface area contributed by atoms with Gasteiger partial charge in [-0.3, -0.25) is 9.89 Å². The molecule has 0 aliphatic heterocycles. The maximum atomic E-state index is 13.9. The standard InChI is InChI=1S/C30H35FN4O/c1-17(2)19-5-10-26(32-15-19)34-27(36)11-9-24-25-16-33-35-29(25)30(3)13-12-22-21-8-6-20(31)14-18(21)4-7-23(22)28(24)30/h5-6,8,10,14-17,22-24,28H,4,7,9,11-13H2,1-3H3,(H,33,35)(H,32,34,36)/t22?,23?,24-,28?,30+/m1/s1. The number of hydrogen-bond acceptors (Lipinski definition) is 3. The minimum Gasteiger partial charge on any atom is -0.311 e. The number of carbonyl (C=O) groups excluding carboxylic acids is 1. The zero-order valence-corrected chi connectivity index (χ0v) is 21.4. The van der Waals surface area contributed by atoms with Gasteiger partial charge in [0, 0.05) is 24.2 Å². The monoisotopic (exact) mass is 486 g/mol. The van der Waals surface area contributed by atoms with Gasteiger partial charge in [0.25, 0.3) is 0 Å². The molecule has 3 unspecified atom stereocenters. The zero-order chi connectivity index (χ0) is 25.0.